The van der Waals surface area contributed by atoms with Crippen molar-refractivity contribution in [2.45, 2.75) is 31.7 Å². The van der Waals surface area contributed by atoms with Crippen molar-refractivity contribution >= 4 is 11.3 Å². The third-order valence-corrected chi connectivity index (χ3v) is 5.37. The van der Waals surface area contributed by atoms with Gasteiger partial charge in [0.05, 0.1) is 5.69 Å². The van der Waals surface area contributed by atoms with Crippen LogP contribution in [0.5, 0.6) is 0 Å². The second-order valence-corrected chi connectivity index (χ2v) is 6.98. The van der Waals surface area contributed by atoms with E-state index >= 15 is 0 Å². The van der Waals surface area contributed by atoms with Gasteiger partial charge in [-0.3, -0.25) is 4.90 Å². The van der Waals surface area contributed by atoms with Crippen LogP contribution in [0.1, 0.15) is 36.7 Å². The Morgan fingerprint density at radius 2 is 2.08 bits per heavy atom. The molecule has 1 fully saturated rings. The minimum atomic E-state index is 0.598. The van der Waals surface area contributed by atoms with Crippen molar-refractivity contribution in [3.05, 3.63) is 58.5 Å². The number of aromatic nitrogens is 4. The average Bonchev–Trinajstić information content (AvgIpc) is 3.37. The lowest BCUT2D eigenvalue weighted by Crippen LogP contribution is -2.24. The summed E-state index contributed by atoms with van der Waals surface area (Å²) in [6.45, 7) is 2.30. The maximum Gasteiger partial charge on any atom is 0.156 e. The van der Waals surface area contributed by atoms with Crippen molar-refractivity contribution in [3.63, 3.8) is 0 Å². The molecule has 1 aliphatic heterocycles. The molecule has 3 aromatic rings. The summed E-state index contributed by atoms with van der Waals surface area (Å²) in [5.74, 6) is 0.937. The molecule has 4 rings (SSSR count). The number of para-hydroxylation sites is 1. The number of thiophene rings is 1. The number of nitrogens with zero attached hydrogens (tertiary/aromatic N) is 5. The normalized spacial score (nSPS) is 18.2. The van der Waals surface area contributed by atoms with E-state index in [0.717, 1.165) is 30.9 Å². The van der Waals surface area contributed by atoms with Crippen LogP contribution in [0.2, 0.25) is 0 Å². The zero-order valence-corrected chi connectivity index (χ0v) is 14.4. The minimum Gasteiger partial charge on any atom is -0.296 e. The number of benzene rings is 1. The fourth-order valence-corrected chi connectivity index (χ4v) is 4.21. The molecule has 2 aromatic heterocycles. The summed E-state index contributed by atoms with van der Waals surface area (Å²) in [6, 6.07) is 13.0. The van der Waals surface area contributed by atoms with Gasteiger partial charge in [-0.25, -0.2) is 0 Å². The fourth-order valence-electron chi connectivity index (χ4n) is 3.51. The Hall–Kier alpha value is -2.05. The van der Waals surface area contributed by atoms with Gasteiger partial charge in [-0.05, 0) is 77.3 Å². The Kier molecular flexibility index (Phi) is 4.66. The molecule has 1 atom stereocenters. The van der Waals surface area contributed by atoms with Gasteiger partial charge in [-0.1, -0.05) is 18.2 Å². The van der Waals surface area contributed by atoms with Crippen molar-refractivity contribution in [1.29, 1.82) is 0 Å². The van der Waals surface area contributed by atoms with Crippen LogP contribution in [0.4, 0.5) is 0 Å². The van der Waals surface area contributed by atoms with Crippen molar-refractivity contribution in [2.24, 2.45) is 0 Å². The van der Waals surface area contributed by atoms with Gasteiger partial charge in [0.15, 0.2) is 5.82 Å². The SMILES string of the molecule is c1ccc(-n2nnnc2CCCN2CCC[C@H]2c2ccsc2)cc1. The number of aryl methyl sites for hydroxylation is 1. The molecule has 5 nitrogen and oxygen atoms in total. The van der Waals surface area contributed by atoms with E-state index in [-0.39, 0.29) is 0 Å². The van der Waals surface area contributed by atoms with Crippen molar-refractivity contribution in [3.8, 4) is 5.69 Å². The van der Waals surface area contributed by atoms with Crippen LogP contribution in [0, 0.1) is 0 Å². The molecular weight excluding hydrogens is 318 g/mol. The standard InChI is InChI=1S/C18H21N5S/c1-2-6-16(7-3-1)23-18(19-20-21-23)9-5-12-22-11-4-8-17(22)15-10-13-24-14-15/h1-3,6-7,10,13-14,17H,4-5,8-9,11-12H2/t17-/m0/s1. The molecular formula is C18H21N5S. The van der Waals surface area contributed by atoms with E-state index in [4.69, 9.17) is 0 Å². The van der Waals surface area contributed by atoms with E-state index in [1.807, 2.05) is 35.0 Å². The zero-order chi connectivity index (χ0) is 16.2. The summed E-state index contributed by atoms with van der Waals surface area (Å²) >= 11 is 1.79. The first kappa shape index (κ1) is 15.5. The predicted octanol–water partition coefficient (Wildman–Crippen LogP) is 3.49. The molecule has 0 radical (unpaired) electrons. The Labute approximate surface area is 145 Å². The second-order valence-electron chi connectivity index (χ2n) is 6.20. The monoisotopic (exact) mass is 339 g/mol. The Bertz CT molecular complexity index is 753. The highest BCUT2D eigenvalue weighted by atomic mass is 32.1. The molecule has 124 valence electrons. The number of hydrogen-bond donors (Lipinski definition) is 0. The first-order chi connectivity index (χ1) is 11.9. The van der Waals surface area contributed by atoms with Gasteiger partial charge in [0.2, 0.25) is 0 Å². The zero-order valence-electron chi connectivity index (χ0n) is 13.6. The van der Waals surface area contributed by atoms with Crippen LogP contribution < -0.4 is 0 Å². The first-order valence-corrected chi connectivity index (χ1v) is 9.45. The molecule has 3 heterocycles. The van der Waals surface area contributed by atoms with Crippen molar-refractivity contribution < 1.29 is 0 Å². The lowest BCUT2D eigenvalue weighted by Gasteiger charge is -2.23. The third-order valence-electron chi connectivity index (χ3n) is 4.67. The smallest absolute Gasteiger partial charge is 0.156 e. The molecule has 0 unspecified atom stereocenters. The minimum absolute atomic E-state index is 0.598. The Balaban J connectivity index is 1.37. The maximum absolute atomic E-state index is 4.21. The molecule has 0 bridgehead atoms. The maximum atomic E-state index is 4.21. The topological polar surface area (TPSA) is 46.8 Å². The molecule has 6 heteroatoms. The van der Waals surface area contributed by atoms with E-state index < -0.39 is 0 Å². The molecule has 1 saturated heterocycles. The van der Waals surface area contributed by atoms with Crippen LogP contribution in [-0.4, -0.2) is 38.2 Å². The molecule has 0 spiro atoms. The predicted molar refractivity (Wildman–Crippen MR) is 95.3 cm³/mol. The van der Waals surface area contributed by atoms with Gasteiger partial charge in [0.25, 0.3) is 0 Å². The highest BCUT2D eigenvalue weighted by Crippen LogP contribution is 2.33. The van der Waals surface area contributed by atoms with Crippen LogP contribution >= 0.6 is 11.3 Å². The summed E-state index contributed by atoms with van der Waals surface area (Å²) in [5.41, 5.74) is 2.50. The van der Waals surface area contributed by atoms with E-state index in [1.54, 1.807) is 11.3 Å². The van der Waals surface area contributed by atoms with Crippen LogP contribution in [0.25, 0.3) is 5.69 Å². The summed E-state index contributed by atoms with van der Waals surface area (Å²) in [6.07, 6.45) is 4.54. The van der Waals surface area contributed by atoms with Crippen LogP contribution in [0.3, 0.4) is 0 Å². The first-order valence-electron chi connectivity index (χ1n) is 8.50. The van der Waals surface area contributed by atoms with Crippen molar-refractivity contribution in [1.82, 2.24) is 25.1 Å². The average molecular weight is 339 g/mol. The van der Waals surface area contributed by atoms with Gasteiger partial charge in [0.1, 0.15) is 0 Å². The largest absolute Gasteiger partial charge is 0.296 e. The molecule has 0 saturated carbocycles. The summed E-state index contributed by atoms with van der Waals surface area (Å²) in [7, 11) is 0. The number of likely N-dealkylation sites (tertiary alicyclic amines) is 1. The summed E-state index contributed by atoms with van der Waals surface area (Å²) in [4.78, 5) is 2.61. The number of tetrazole rings is 1. The van der Waals surface area contributed by atoms with Crippen LogP contribution in [-0.2, 0) is 6.42 Å². The van der Waals surface area contributed by atoms with Crippen molar-refractivity contribution in [2.75, 3.05) is 13.1 Å². The molecule has 0 amide bonds. The molecule has 0 aliphatic carbocycles. The van der Waals surface area contributed by atoms with Gasteiger partial charge in [-0.2, -0.15) is 16.0 Å². The van der Waals surface area contributed by atoms with E-state index in [2.05, 4.69) is 37.3 Å². The Morgan fingerprint density at radius 1 is 1.17 bits per heavy atom. The van der Waals surface area contributed by atoms with E-state index in [9.17, 15) is 0 Å². The highest BCUT2D eigenvalue weighted by Gasteiger charge is 2.25. The summed E-state index contributed by atoms with van der Waals surface area (Å²) < 4.78 is 1.85. The molecule has 1 aromatic carbocycles. The van der Waals surface area contributed by atoms with Gasteiger partial charge in [0, 0.05) is 12.5 Å². The lowest BCUT2D eigenvalue weighted by atomic mass is 10.1. The van der Waals surface area contributed by atoms with Gasteiger partial charge >= 0.3 is 0 Å². The Morgan fingerprint density at radius 3 is 2.92 bits per heavy atom. The molecule has 0 N–H and O–H groups in total. The number of rotatable bonds is 6. The highest BCUT2D eigenvalue weighted by molar-refractivity contribution is 7.07. The number of hydrogen-bond acceptors (Lipinski definition) is 5. The quantitative estimate of drug-likeness (QED) is 0.690. The van der Waals surface area contributed by atoms with Gasteiger partial charge in [-0.15, -0.1) is 5.10 Å². The van der Waals surface area contributed by atoms with E-state index in [0.29, 0.717) is 6.04 Å². The second kappa shape index (κ2) is 7.23. The third kappa shape index (κ3) is 3.25. The molecule has 1 aliphatic rings. The van der Waals surface area contributed by atoms with Gasteiger partial charge < -0.3 is 0 Å². The fraction of sp³-hybridized carbons (Fsp3) is 0.389. The summed E-state index contributed by atoms with van der Waals surface area (Å²) in [5, 5.41) is 16.7. The lowest BCUT2D eigenvalue weighted by molar-refractivity contribution is 0.254. The van der Waals surface area contributed by atoms with E-state index in [1.165, 1.54) is 24.9 Å². The molecule has 24 heavy (non-hydrogen) atoms. The van der Waals surface area contributed by atoms with Crippen LogP contribution in [0.15, 0.2) is 47.2 Å².